The zero-order chi connectivity index (χ0) is 109. The minimum absolute atomic E-state index is 0.0775. The van der Waals surface area contributed by atoms with Crippen LogP contribution in [0.1, 0.15) is 368 Å². The molecule has 12 aliphatic rings. The Bertz CT molecular complexity index is 3760. The largest absolute Gasteiger partial charge is 0.357 e. The molecule has 0 N–H and O–H groups in total. The van der Waals surface area contributed by atoms with Crippen LogP contribution in [-0.2, 0) is 0 Å². The summed E-state index contributed by atoms with van der Waals surface area (Å²) in [4.78, 5) is 34.3. The predicted octanol–water partition coefficient (Wildman–Crippen LogP) is 18.9. The number of likely N-dealkylation sites (N-methyl/N-ethyl adjacent to an activating group) is 22. The summed E-state index contributed by atoms with van der Waals surface area (Å²) < 4.78 is 14.6. The van der Waals surface area contributed by atoms with Crippen molar-refractivity contribution in [3.8, 4) is 0 Å². The molecule has 12 saturated heterocycles. The molecule has 0 aromatic carbocycles. The Balaban J connectivity index is 0.000000235. The maximum absolute atomic E-state index is 3.00. The van der Waals surface area contributed by atoms with E-state index in [1.807, 2.05) is 0 Å². The fourth-order valence-electron chi connectivity index (χ4n) is 40.5. The van der Waals surface area contributed by atoms with Gasteiger partial charge in [0.2, 0.25) is 0 Å². The molecule has 6 spiro atoms. The summed E-state index contributed by atoms with van der Waals surface area (Å²) in [5, 5.41) is 0. The smallest absolute Gasteiger partial charge is 0.244 e. The quantitative estimate of drug-likeness (QED) is 0.0549. The fourth-order valence-corrected chi connectivity index (χ4v) is 40.5. The summed E-state index contributed by atoms with van der Waals surface area (Å²) in [7, 11) is 19.6. The van der Waals surface area contributed by atoms with E-state index in [0.717, 1.165) is 56.7 Å². The predicted molar refractivity (Wildman–Crippen MR) is 621 cm³/mol. The van der Waals surface area contributed by atoms with Crippen LogP contribution >= 0.6 is 0 Å². The van der Waals surface area contributed by atoms with Gasteiger partial charge in [-0.2, -0.15) is 58.8 Å². The number of hydrogen-bond acceptors (Lipinski definition) is 12. The molecular formula is C120H264N24+12. The fraction of sp³-hybridized carbons (Fsp3) is 1.00. The molecule has 12 fully saturated rings. The molecule has 0 aromatic rings. The first-order valence-corrected chi connectivity index (χ1v) is 63.4. The van der Waals surface area contributed by atoms with Gasteiger partial charge in [0.1, 0.15) is 75.5 Å². The van der Waals surface area contributed by atoms with Crippen LogP contribution in [0.3, 0.4) is 0 Å². The number of hydrogen-bond donors (Lipinski definition) is 0. The lowest BCUT2D eigenvalue weighted by atomic mass is 10.1. The van der Waals surface area contributed by atoms with Crippen molar-refractivity contribution in [3.05, 3.63) is 0 Å². The molecule has 852 valence electrons. The molecule has 12 rings (SSSR count). The van der Waals surface area contributed by atoms with Crippen molar-refractivity contribution in [1.29, 1.82) is 0 Å². The standard InChI is InChI=1S/C23H50N4.2C21H46N4.2C19H42N4.C17H38N4/c1-9-17-21-20-26(13-5,14-6)23(25(21)12-4)24(11-3)19-22(18-10-2)27(23,15-7)16-8;1-11-24(12-2)16-19(9)23(18(7)8)21(24)22(17(5)6)15-20(10)25(21,13-3)14-4;1-9-19-18-24(13-5,14-6)21(23(19)12-4)22(11-3)17-20(10-2)25(21,15-7)16-8;1-9-13-17-16-22(7,11-3)19(21(17)6)20(5)15-18(14-10-2)23(19,8)12-4;1-9-20-15-18(8)23(13-5,14-6)19(20)21(10-2)17(7)16-22(19,11-3)12-4;1-9-15-14-20(7,11-3)17(19(15)6)18(5)13-16(10-2)21(17,8)12-4/h21-22H,9-20H2,1-8H3;17-20H,11-16H2,1-10H3;19-20H,9-18H2,1-8H3;2*17-18H,9-16H2,1-8H3;15-16H,9-14H2,1-8H3/q6*+2/t;;;17?,18?,19?,22-,23-;;15?,16?,17?,20-,21-/m...1.1/s1. The molecule has 144 heavy (non-hydrogen) atoms. The van der Waals surface area contributed by atoms with Crippen molar-refractivity contribution in [3.63, 3.8) is 0 Å². The van der Waals surface area contributed by atoms with Gasteiger partial charge in [-0.3, -0.25) is 0 Å². The SMILES string of the molecule is CCC1C[N+](CC)(CC)C2(N(CC)CC(CC)[N+]2(CC)CC)N1CC.CCC1C[N@@+](C)(CC)C2(N(C)CC(CC)[N@@+]2(C)CC)N1C.CCCC1C[N+](CC)(CC)C2(N(CC)CC(CCC)[N+]2(CC)CC)N1CC.CCCC1C[N@@+](C)(CC)C2(N(C)CC(CCC)[N@@+]2(C)CC)N1C.CCN1CC(C)[N+](CC)(CC)C12N(CC)C(C)C[N+]2(CC)CC.CC[N+]1(CC)CC(C)N(C(C)C)C12N(C(C)C)CC(C)[N+]2(CC)CC. The topological polar surface area (TPSA) is 38.9 Å². The molecule has 18 unspecified atom stereocenters. The van der Waals surface area contributed by atoms with E-state index in [1.54, 1.807) is 0 Å². The summed E-state index contributed by atoms with van der Waals surface area (Å²) in [5.41, 5.74) is 0. The Hall–Kier alpha value is -0.960. The molecule has 22 atom stereocenters. The second-order valence-electron chi connectivity index (χ2n) is 50.2. The van der Waals surface area contributed by atoms with Crippen LogP contribution in [0.25, 0.3) is 0 Å². The average Bonchev–Trinajstić information content (AvgIpc) is 1.49. The molecule has 0 aromatic heterocycles. The third-order valence-corrected chi connectivity index (χ3v) is 46.7. The first-order valence-electron chi connectivity index (χ1n) is 63.4. The van der Waals surface area contributed by atoms with E-state index in [-0.39, 0.29) is 35.5 Å². The Morgan fingerprint density at radius 3 is 0.931 bits per heavy atom. The molecule has 12 heterocycles. The molecule has 24 nitrogen and oxygen atoms in total. The summed E-state index contributed by atoms with van der Waals surface area (Å²) in [6.07, 6.45) is 15.6. The normalized spacial score (nSPS) is 38.8. The second kappa shape index (κ2) is 51.1. The van der Waals surface area contributed by atoms with Gasteiger partial charge >= 0.3 is 35.5 Å². The molecule has 12 aliphatic heterocycles. The highest BCUT2D eigenvalue weighted by Gasteiger charge is 2.86. The van der Waals surface area contributed by atoms with Gasteiger partial charge in [0.25, 0.3) is 0 Å². The second-order valence-corrected chi connectivity index (χ2v) is 50.2. The van der Waals surface area contributed by atoms with Crippen LogP contribution in [-0.4, -0.2) is 538 Å². The number of quaternary nitrogens is 12. The number of rotatable bonds is 40. The van der Waals surface area contributed by atoms with E-state index < -0.39 is 0 Å². The Kier molecular flexibility index (Phi) is 46.1. The highest BCUT2D eigenvalue weighted by Crippen LogP contribution is 2.61. The summed E-state index contributed by atoms with van der Waals surface area (Å²) in [5.74, 6) is 0.686. The van der Waals surface area contributed by atoms with E-state index in [1.165, 1.54) is 353 Å². The van der Waals surface area contributed by atoms with Gasteiger partial charge in [-0.05, 0) is 232 Å². The van der Waals surface area contributed by atoms with Gasteiger partial charge in [-0.25, -0.2) is 53.8 Å². The third kappa shape index (κ3) is 17.9. The zero-order valence-corrected chi connectivity index (χ0v) is 107. The molecule has 0 radical (unpaired) electrons. The first kappa shape index (κ1) is 130. The van der Waals surface area contributed by atoms with Gasteiger partial charge < -0.3 is 0 Å². The van der Waals surface area contributed by atoms with Crippen molar-refractivity contribution >= 4 is 0 Å². The first-order chi connectivity index (χ1) is 68.1. The monoisotopic (exact) mass is 2040 g/mol. The minimum atomic E-state index is 0.0775. The molecule has 0 bridgehead atoms. The average molecular weight is 2040 g/mol. The molecule has 24 heteroatoms. The van der Waals surface area contributed by atoms with Gasteiger partial charge in [-0.15, -0.1) is 0 Å². The summed E-state index contributed by atoms with van der Waals surface area (Å²) in [6.45, 7) is 149. The van der Waals surface area contributed by atoms with Gasteiger partial charge in [0, 0.05) is 92.4 Å². The van der Waals surface area contributed by atoms with Crippen molar-refractivity contribution in [2.45, 2.75) is 488 Å². The molecule has 0 saturated carbocycles. The lowest BCUT2D eigenvalue weighted by molar-refractivity contribution is -1.18. The lowest BCUT2D eigenvalue weighted by Gasteiger charge is -2.60. The summed E-state index contributed by atoms with van der Waals surface area (Å²) in [6, 6.07) is 9.67. The van der Waals surface area contributed by atoms with E-state index in [4.69, 9.17) is 0 Å². The van der Waals surface area contributed by atoms with E-state index in [0.29, 0.717) is 54.4 Å². The molecule has 0 amide bonds. The Morgan fingerprint density at radius 1 is 0.250 bits per heavy atom. The maximum atomic E-state index is 3.00. The highest BCUT2D eigenvalue weighted by atomic mass is 15.9. The van der Waals surface area contributed by atoms with Crippen LogP contribution in [0, 0.1) is 0 Å². The Morgan fingerprint density at radius 2 is 0.569 bits per heavy atom. The number of nitrogens with zero attached hydrogens (tertiary/aromatic N) is 24. The Labute approximate surface area is 900 Å². The minimum Gasteiger partial charge on any atom is -0.244 e. The molecular weight excluding hydrogens is 1780 g/mol. The van der Waals surface area contributed by atoms with Crippen molar-refractivity contribution in [2.75, 3.05) is 305 Å². The lowest BCUT2D eigenvalue weighted by Crippen LogP contribution is -2.85. The van der Waals surface area contributed by atoms with Crippen LogP contribution in [0.15, 0.2) is 0 Å². The molecule has 0 aliphatic carbocycles. The van der Waals surface area contributed by atoms with Gasteiger partial charge in [0.05, 0.1) is 235 Å². The van der Waals surface area contributed by atoms with Crippen molar-refractivity contribution in [1.82, 2.24) is 58.8 Å². The van der Waals surface area contributed by atoms with Gasteiger partial charge in [0.15, 0.2) is 0 Å². The third-order valence-electron chi connectivity index (χ3n) is 46.7. The van der Waals surface area contributed by atoms with E-state index >= 15 is 0 Å². The van der Waals surface area contributed by atoms with Crippen LogP contribution in [0.5, 0.6) is 0 Å². The van der Waals surface area contributed by atoms with Crippen LogP contribution in [0.4, 0.5) is 0 Å². The maximum Gasteiger partial charge on any atom is 0.357 e. The van der Waals surface area contributed by atoms with Crippen molar-refractivity contribution < 1.29 is 53.8 Å². The van der Waals surface area contributed by atoms with E-state index in [2.05, 4.69) is 406 Å². The summed E-state index contributed by atoms with van der Waals surface area (Å²) >= 11 is 0. The van der Waals surface area contributed by atoms with Crippen molar-refractivity contribution in [2.24, 2.45) is 0 Å². The zero-order valence-electron chi connectivity index (χ0n) is 107. The van der Waals surface area contributed by atoms with E-state index in [9.17, 15) is 0 Å². The highest BCUT2D eigenvalue weighted by molar-refractivity contribution is 5.02. The van der Waals surface area contributed by atoms with Crippen LogP contribution in [0.2, 0.25) is 0 Å². The van der Waals surface area contributed by atoms with Gasteiger partial charge in [-0.1, -0.05) is 123 Å². The van der Waals surface area contributed by atoms with Crippen LogP contribution < -0.4 is 0 Å².